The van der Waals surface area contributed by atoms with Gasteiger partial charge in [-0.05, 0) is 48.6 Å². The monoisotopic (exact) mass is 433 g/mol. The summed E-state index contributed by atoms with van der Waals surface area (Å²) in [7, 11) is 0. The van der Waals surface area contributed by atoms with E-state index in [1.54, 1.807) is 0 Å². The first-order valence-corrected chi connectivity index (χ1v) is 12.6. The van der Waals surface area contributed by atoms with E-state index in [4.69, 9.17) is 0 Å². The Morgan fingerprint density at radius 1 is 0.906 bits per heavy atom. The highest BCUT2D eigenvalue weighted by Crippen LogP contribution is 2.50. The van der Waals surface area contributed by atoms with Gasteiger partial charge in [-0.15, -0.1) is 0 Å². The first-order chi connectivity index (χ1) is 15.3. The van der Waals surface area contributed by atoms with Crippen molar-refractivity contribution in [2.45, 2.75) is 70.9 Å². The number of benzene rings is 2. The number of piperidine rings is 1. The molecule has 0 bridgehead atoms. The molecule has 0 radical (unpaired) electrons. The van der Waals surface area contributed by atoms with E-state index in [9.17, 15) is 5.21 Å². The Kier molecular flexibility index (Phi) is 5.59. The maximum absolute atomic E-state index is 13.9. The van der Waals surface area contributed by atoms with Gasteiger partial charge in [0.05, 0.1) is 6.04 Å². The summed E-state index contributed by atoms with van der Waals surface area (Å²) in [6.45, 7) is 9.71. The smallest absolute Gasteiger partial charge is 0.158 e. The molecule has 0 amide bonds. The number of hydrogen-bond donors (Lipinski definition) is 1. The number of rotatable bonds is 3. The van der Waals surface area contributed by atoms with Crippen LogP contribution in [0.1, 0.15) is 64.9 Å². The van der Waals surface area contributed by atoms with Crippen molar-refractivity contribution in [2.24, 2.45) is 11.3 Å². The Morgan fingerprint density at radius 2 is 1.53 bits per heavy atom. The molecular formula is C28H39N3O. The van der Waals surface area contributed by atoms with Crippen LogP contribution in [-0.4, -0.2) is 30.7 Å². The summed E-state index contributed by atoms with van der Waals surface area (Å²) in [5, 5.41) is 17.3. The summed E-state index contributed by atoms with van der Waals surface area (Å²) >= 11 is 0. The van der Waals surface area contributed by atoms with Gasteiger partial charge in [0, 0.05) is 37.5 Å². The molecule has 1 unspecified atom stereocenters. The fourth-order valence-corrected chi connectivity index (χ4v) is 6.77. The molecule has 3 aliphatic rings. The number of hydrogen-bond acceptors (Lipinski definition) is 3. The van der Waals surface area contributed by atoms with Gasteiger partial charge in [-0.2, -0.15) is 0 Å². The zero-order chi connectivity index (χ0) is 22.4. The summed E-state index contributed by atoms with van der Waals surface area (Å²) in [5.41, 5.74) is 3.93. The molecule has 2 aromatic carbocycles. The van der Waals surface area contributed by atoms with Gasteiger partial charge in [0.2, 0.25) is 0 Å². The van der Waals surface area contributed by atoms with Crippen molar-refractivity contribution in [3.8, 4) is 0 Å². The van der Waals surface area contributed by atoms with Crippen molar-refractivity contribution < 1.29 is 0 Å². The van der Waals surface area contributed by atoms with Crippen LogP contribution in [0.4, 0.5) is 11.4 Å². The van der Waals surface area contributed by atoms with Crippen LogP contribution in [0.3, 0.4) is 0 Å². The molecule has 2 fully saturated rings. The van der Waals surface area contributed by atoms with Crippen LogP contribution < -0.4 is 9.96 Å². The molecule has 2 heterocycles. The van der Waals surface area contributed by atoms with Gasteiger partial charge in [-0.25, -0.2) is 0 Å². The van der Waals surface area contributed by atoms with Gasteiger partial charge in [0.15, 0.2) is 12.4 Å². The van der Waals surface area contributed by atoms with Crippen LogP contribution in [0.2, 0.25) is 0 Å². The summed E-state index contributed by atoms with van der Waals surface area (Å²) in [6.07, 6.45) is 6.97. The van der Waals surface area contributed by atoms with Crippen LogP contribution in [-0.2, 0) is 5.54 Å². The number of anilines is 1. The number of nitrogens with one attached hydrogen (secondary N) is 1. The number of para-hydroxylation sites is 2. The molecule has 1 saturated carbocycles. The van der Waals surface area contributed by atoms with Gasteiger partial charge in [0.1, 0.15) is 5.69 Å². The van der Waals surface area contributed by atoms with E-state index in [2.05, 4.69) is 61.3 Å². The van der Waals surface area contributed by atoms with Gasteiger partial charge in [0.25, 0.3) is 0 Å². The fourth-order valence-electron chi connectivity index (χ4n) is 6.77. The zero-order valence-electron chi connectivity index (χ0n) is 20.0. The highest BCUT2D eigenvalue weighted by molar-refractivity contribution is 5.72. The van der Waals surface area contributed by atoms with E-state index in [1.165, 1.54) is 31.2 Å². The van der Waals surface area contributed by atoms with Crippen LogP contribution >= 0.6 is 0 Å². The normalized spacial score (nSPS) is 31.8. The molecular weight excluding hydrogens is 394 g/mol. The quantitative estimate of drug-likeness (QED) is 0.445. The molecule has 2 aromatic rings. The number of fused-ring (bicyclic) bond motifs is 1. The lowest BCUT2D eigenvalue weighted by atomic mass is 9.64. The van der Waals surface area contributed by atoms with Crippen molar-refractivity contribution >= 4 is 11.4 Å². The average molecular weight is 434 g/mol. The second-order valence-electron chi connectivity index (χ2n) is 11.4. The van der Waals surface area contributed by atoms with Crippen molar-refractivity contribution in [1.29, 1.82) is 0 Å². The van der Waals surface area contributed by atoms with Crippen molar-refractivity contribution in [3.05, 3.63) is 65.4 Å². The van der Waals surface area contributed by atoms with Gasteiger partial charge >= 0.3 is 0 Å². The topological polar surface area (TPSA) is 38.3 Å². The number of hydroxylamine groups is 2. The number of nitrogens with zero attached hydrogens (tertiary/aromatic N) is 2. The van der Waals surface area contributed by atoms with Crippen molar-refractivity contribution in [2.75, 3.05) is 25.1 Å². The second-order valence-corrected chi connectivity index (χ2v) is 11.4. The lowest BCUT2D eigenvalue weighted by molar-refractivity contribution is -0.0115. The number of quaternary nitrogens is 1. The highest BCUT2D eigenvalue weighted by atomic mass is 16.6. The Hall–Kier alpha value is -1.88. The Labute approximate surface area is 193 Å². The first kappa shape index (κ1) is 21.9. The predicted octanol–water partition coefficient (Wildman–Crippen LogP) is 6.47. The molecule has 2 aliphatic heterocycles. The van der Waals surface area contributed by atoms with Crippen LogP contribution in [0.25, 0.3) is 0 Å². The molecule has 1 aliphatic carbocycles. The summed E-state index contributed by atoms with van der Waals surface area (Å²) < 4.78 is -0.200. The van der Waals surface area contributed by atoms with Gasteiger partial charge in [-0.1, -0.05) is 63.2 Å². The van der Waals surface area contributed by atoms with Crippen LogP contribution in [0, 0.1) is 16.5 Å². The third-order valence-electron chi connectivity index (χ3n) is 8.82. The minimum Gasteiger partial charge on any atom is -0.626 e. The molecule has 1 saturated heterocycles. The molecule has 1 atom stereocenters. The van der Waals surface area contributed by atoms with Gasteiger partial charge in [-0.3, -0.25) is 4.90 Å². The molecule has 1 N–H and O–H groups in total. The molecule has 4 nitrogen and oxygen atoms in total. The van der Waals surface area contributed by atoms with E-state index in [0.29, 0.717) is 12.1 Å². The minimum absolute atomic E-state index is 0.128. The van der Waals surface area contributed by atoms with Crippen LogP contribution in [0.5, 0.6) is 0 Å². The second kappa shape index (κ2) is 8.16. The van der Waals surface area contributed by atoms with E-state index < -0.39 is 0 Å². The van der Waals surface area contributed by atoms with E-state index in [-0.39, 0.29) is 16.2 Å². The molecule has 32 heavy (non-hydrogen) atoms. The Balaban J connectivity index is 1.35. The third-order valence-corrected chi connectivity index (χ3v) is 8.82. The maximum Gasteiger partial charge on any atom is 0.158 e. The molecule has 4 heteroatoms. The average Bonchev–Trinajstić information content (AvgIpc) is 3.17. The van der Waals surface area contributed by atoms with E-state index in [1.807, 2.05) is 24.3 Å². The summed E-state index contributed by atoms with van der Waals surface area (Å²) in [4.78, 5) is 2.75. The zero-order valence-corrected chi connectivity index (χ0v) is 20.0. The highest BCUT2D eigenvalue weighted by Gasteiger charge is 2.47. The molecule has 0 aromatic heterocycles. The standard InChI is InChI=1S/C28H39N3O/c1-27(2,3)22-13-17-28(18-14-22,23-9-5-4-6-10-23)30-19-15-24(16-20-30)31(32)21-29-25-11-7-8-12-26(25)31/h4-12,22,24,29H,13-21H2,1-3H3. The van der Waals surface area contributed by atoms with Crippen molar-refractivity contribution in [1.82, 2.24) is 9.55 Å². The van der Waals surface area contributed by atoms with Crippen molar-refractivity contribution in [3.63, 3.8) is 0 Å². The van der Waals surface area contributed by atoms with E-state index >= 15 is 0 Å². The number of likely N-dealkylation sites (tertiary alicyclic amines) is 1. The third kappa shape index (κ3) is 3.67. The molecule has 172 valence electrons. The predicted molar refractivity (Wildman–Crippen MR) is 134 cm³/mol. The summed E-state index contributed by atoms with van der Waals surface area (Å²) in [6, 6.07) is 19.4. The minimum atomic E-state index is -0.200. The summed E-state index contributed by atoms with van der Waals surface area (Å²) in [5.74, 6) is 0.791. The van der Waals surface area contributed by atoms with Crippen LogP contribution in [0.15, 0.2) is 54.6 Å². The maximum atomic E-state index is 13.9. The molecule has 5 rings (SSSR count). The SMILES string of the molecule is CC(C)(C)C1CCC(c2ccccc2)(N2CCC([N+]3([O-])CNc4ccccc43)CC2)CC1. The molecule has 0 spiro atoms. The fraction of sp³-hybridized carbons (Fsp3) is 0.571. The Bertz CT molecular complexity index is 921. The lowest BCUT2D eigenvalue weighted by Gasteiger charge is -2.54. The first-order valence-electron chi connectivity index (χ1n) is 12.6. The lowest BCUT2D eigenvalue weighted by Crippen LogP contribution is -2.59. The van der Waals surface area contributed by atoms with E-state index in [0.717, 1.165) is 43.2 Å². The van der Waals surface area contributed by atoms with Gasteiger partial charge < -0.3 is 15.2 Å². The Morgan fingerprint density at radius 3 is 2.19 bits per heavy atom. The largest absolute Gasteiger partial charge is 0.626 e.